The largest absolute Gasteiger partial charge is 0.343 e. The van der Waals surface area contributed by atoms with E-state index in [1.165, 1.54) is 17.8 Å². The number of aryl methyl sites for hydroxylation is 1. The minimum absolute atomic E-state index is 0.155. The summed E-state index contributed by atoms with van der Waals surface area (Å²) in [6.07, 6.45) is 2.61. The first-order valence-corrected chi connectivity index (χ1v) is 9.52. The topological polar surface area (TPSA) is 54.3 Å². The maximum absolute atomic E-state index is 13.2. The zero-order chi connectivity index (χ0) is 19.5. The third-order valence-corrected chi connectivity index (χ3v) is 5.00. The third kappa shape index (κ3) is 3.69. The Kier molecular flexibility index (Phi) is 4.98. The number of amides is 2. The van der Waals surface area contributed by atoms with Crippen molar-refractivity contribution in [1.29, 1.82) is 0 Å². The highest BCUT2D eigenvalue weighted by Gasteiger charge is 2.23. The second-order valence-corrected chi connectivity index (χ2v) is 7.08. The molecule has 4 rings (SSSR count). The van der Waals surface area contributed by atoms with Crippen molar-refractivity contribution in [1.82, 2.24) is 14.8 Å². The molecule has 2 aromatic carbocycles. The molecule has 0 radical (unpaired) electrons. The summed E-state index contributed by atoms with van der Waals surface area (Å²) >= 11 is 0. The lowest BCUT2D eigenvalue weighted by atomic mass is 10.1. The molecule has 0 bridgehead atoms. The zero-order valence-corrected chi connectivity index (χ0v) is 15.9. The molecule has 1 N–H and O–H groups in total. The summed E-state index contributed by atoms with van der Waals surface area (Å²) < 4.78 is 2.29. The van der Waals surface area contributed by atoms with Crippen LogP contribution in [0.4, 0.5) is 0 Å². The number of hydrogen-bond donors (Lipinski definition) is 1. The quantitative estimate of drug-likeness (QED) is 0.714. The Balaban J connectivity index is 1.65. The molecule has 142 valence electrons. The molecule has 3 aromatic rings. The number of nitrogens with zero attached hydrogens (tertiary/aromatic N) is 2. The molecular formula is C23H23N3O2. The van der Waals surface area contributed by atoms with Crippen molar-refractivity contribution in [3.8, 4) is 0 Å². The lowest BCUT2D eigenvalue weighted by molar-refractivity contribution is -0.129. The van der Waals surface area contributed by atoms with Crippen LogP contribution in [0.5, 0.6) is 0 Å². The van der Waals surface area contributed by atoms with E-state index in [1.54, 1.807) is 6.08 Å². The zero-order valence-electron chi connectivity index (χ0n) is 15.9. The van der Waals surface area contributed by atoms with Crippen LogP contribution in [0, 0.1) is 0 Å². The summed E-state index contributed by atoms with van der Waals surface area (Å²) in [5, 5.41) is 3.91. The molecule has 0 spiro atoms. The standard InChI is InChI=1S/C23H23N3O2/c1-17(27)24-21(14-18-8-3-2-4-9-18)23(28)25-12-7-13-26-20(16-25)15-19-10-5-6-11-22(19)26/h2-6,8-11,14-15H,7,12-13,16H2,1H3,(H,24,27)/b21-14+. The van der Waals surface area contributed by atoms with E-state index in [-0.39, 0.29) is 11.8 Å². The molecule has 0 saturated heterocycles. The fraction of sp³-hybridized carbons (Fsp3) is 0.217. The lowest BCUT2D eigenvalue weighted by Gasteiger charge is -2.22. The number of carbonyl (C=O) groups is 2. The van der Waals surface area contributed by atoms with Crippen LogP contribution >= 0.6 is 0 Å². The van der Waals surface area contributed by atoms with Crippen molar-refractivity contribution >= 4 is 28.8 Å². The van der Waals surface area contributed by atoms with Crippen molar-refractivity contribution in [2.45, 2.75) is 26.4 Å². The van der Waals surface area contributed by atoms with Crippen molar-refractivity contribution in [3.63, 3.8) is 0 Å². The Labute approximate surface area is 164 Å². The highest BCUT2D eigenvalue weighted by atomic mass is 16.2. The van der Waals surface area contributed by atoms with Crippen LogP contribution in [0.15, 0.2) is 66.4 Å². The third-order valence-electron chi connectivity index (χ3n) is 5.00. The van der Waals surface area contributed by atoms with Gasteiger partial charge in [-0.15, -0.1) is 0 Å². The van der Waals surface area contributed by atoms with Crippen LogP contribution in [-0.2, 0) is 22.7 Å². The van der Waals surface area contributed by atoms with Crippen molar-refractivity contribution < 1.29 is 9.59 Å². The molecule has 1 aromatic heterocycles. The first-order valence-electron chi connectivity index (χ1n) is 9.52. The molecule has 1 aliphatic rings. The van der Waals surface area contributed by atoms with Gasteiger partial charge in [0, 0.05) is 31.2 Å². The van der Waals surface area contributed by atoms with Gasteiger partial charge in [-0.2, -0.15) is 0 Å². The molecule has 5 nitrogen and oxygen atoms in total. The SMILES string of the molecule is CC(=O)N/C(=C/c1ccccc1)C(=O)N1CCCn2c(cc3ccccc32)C1. The number of aromatic nitrogens is 1. The van der Waals surface area contributed by atoms with Gasteiger partial charge in [-0.05, 0) is 35.6 Å². The van der Waals surface area contributed by atoms with E-state index in [2.05, 4.69) is 28.1 Å². The number of benzene rings is 2. The summed E-state index contributed by atoms with van der Waals surface area (Å²) in [6.45, 7) is 3.48. The molecule has 0 saturated carbocycles. The van der Waals surface area contributed by atoms with Crippen LogP contribution in [-0.4, -0.2) is 27.8 Å². The van der Waals surface area contributed by atoms with Gasteiger partial charge in [0.1, 0.15) is 5.70 Å². The molecular weight excluding hydrogens is 350 g/mol. The Bertz CT molecular complexity index is 1050. The molecule has 2 heterocycles. The van der Waals surface area contributed by atoms with Crippen LogP contribution < -0.4 is 5.32 Å². The van der Waals surface area contributed by atoms with Gasteiger partial charge in [0.2, 0.25) is 5.91 Å². The fourth-order valence-electron chi connectivity index (χ4n) is 3.76. The van der Waals surface area contributed by atoms with Gasteiger partial charge in [0.25, 0.3) is 5.91 Å². The van der Waals surface area contributed by atoms with E-state index in [0.717, 1.165) is 24.2 Å². The normalized spacial score (nSPS) is 14.5. The Morgan fingerprint density at radius 1 is 1.00 bits per heavy atom. The average Bonchev–Trinajstić information content (AvgIpc) is 2.90. The molecule has 28 heavy (non-hydrogen) atoms. The van der Waals surface area contributed by atoms with Gasteiger partial charge in [-0.3, -0.25) is 9.59 Å². The molecule has 0 fully saturated rings. The number of hydrogen-bond acceptors (Lipinski definition) is 2. The van der Waals surface area contributed by atoms with Gasteiger partial charge in [-0.1, -0.05) is 48.5 Å². The van der Waals surface area contributed by atoms with Crippen molar-refractivity contribution in [2.75, 3.05) is 6.54 Å². The second kappa shape index (κ2) is 7.72. The molecule has 0 aliphatic carbocycles. The van der Waals surface area contributed by atoms with Gasteiger partial charge >= 0.3 is 0 Å². The summed E-state index contributed by atoms with van der Waals surface area (Å²) in [6, 6.07) is 20.0. The highest BCUT2D eigenvalue weighted by molar-refractivity contribution is 6.01. The van der Waals surface area contributed by atoms with Gasteiger partial charge in [0.15, 0.2) is 0 Å². The van der Waals surface area contributed by atoms with Gasteiger partial charge in [0.05, 0.1) is 6.54 Å². The summed E-state index contributed by atoms with van der Waals surface area (Å²) in [5.41, 5.74) is 3.51. The van der Waals surface area contributed by atoms with E-state index < -0.39 is 0 Å². The summed E-state index contributed by atoms with van der Waals surface area (Å²) in [4.78, 5) is 26.8. The van der Waals surface area contributed by atoms with E-state index >= 15 is 0 Å². The fourth-order valence-corrected chi connectivity index (χ4v) is 3.76. The predicted molar refractivity (Wildman–Crippen MR) is 110 cm³/mol. The van der Waals surface area contributed by atoms with E-state index in [4.69, 9.17) is 0 Å². The Hall–Kier alpha value is -3.34. The maximum Gasteiger partial charge on any atom is 0.270 e. The minimum Gasteiger partial charge on any atom is -0.343 e. The van der Waals surface area contributed by atoms with Crippen LogP contribution in [0.1, 0.15) is 24.6 Å². The number of para-hydroxylation sites is 1. The summed E-state index contributed by atoms with van der Waals surface area (Å²) in [5.74, 6) is -0.405. The molecule has 2 amide bonds. The smallest absolute Gasteiger partial charge is 0.270 e. The van der Waals surface area contributed by atoms with Crippen molar-refractivity contribution in [3.05, 3.63) is 77.6 Å². The van der Waals surface area contributed by atoms with Crippen molar-refractivity contribution in [2.24, 2.45) is 0 Å². The number of fused-ring (bicyclic) bond motifs is 3. The first-order chi connectivity index (χ1) is 13.6. The Morgan fingerprint density at radius 3 is 2.54 bits per heavy atom. The monoisotopic (exact) mass is 373 g/mol. The van der Waals surface area contributed by atoms with Gasteiger partial charge < -0.3 is 14.8 Å². The van der Waals surface area contributed by atoms with Gasteiger partial charge in [-0.25, -0.2) is 0 Å². The lowest BCUT2D eigenvalue weighted by Crippen LogP contribution is -2.37. The molecule has 5 heteroatoms. The molecule has 1 aliphatic heterocycles. The first kappa shape index (κ1) is 18.0. The predicted octanol–water partition coefficient (Wildman–Crippen LogP) is 3.55. The molecule has 0 atom stereocenters. The number of carbonyl (C=O) groups excluding carboxylic acids is 2. The summed E-state index contributed by atoms with van der Waals surface area (Å²) in [7, 11) is 0. The van der Waals surface area contributed by atoms with Crippen LogP contribution in [0.2, 0.25) is 0 Å². The maximum atomic E-state index is 13.2. The Morgan fingerprint density at radius 2 is 1.75 bits per heavy atom. The van der Waals surface area contributed by atoms with E-state index in [1.807, 2.05) is 47.4 Å². The molecule has 0 unspecified atom stereocenters. The minimum atomic E-state index is -0.250. The second-order valence-electron chi connectivity index (χ2n) is 7.08. The number of nitrogens with one attached hydrogen (secondary N) is 1. The highest BCUT2D eigenvalue weighted by Crippen LogP contribution is 2.24. The number of rotatable bonds is 3. The van der Waals surface area contributed by atoms with E-state index in [0.29, 0.717) is 18.8 Å². The van der Waals surface area contributed by atoms with E-state index in [9.17, 15) is 9.59 Å². The average molecular weight is 373 g/mol. The van der Waals surface area contributed by atoms with Crippen LogP contribution in [0.3, 0.4) is 0 Å². The van der Waals surface area contributed by atoms with Crippen LogP contribution in [0.25, 0.3) is 17.0 Å².